The summed E-state index contributed by atoms with van der Waals surface area (Å²) in [5.74, 6) is 0.338. The molecule has 0 atom stereocenters. The summed E-state index contributed by atoms with van der Waals surface area (Å²) in [6.45, 7) is 4.36. The van der Waals surface area contributed by atoms with E-state index in [0.29, 0.717) is 24.5 Å². The molecular weight excluding hydrogens is 386 g/mol. The second kappa shape index (κ2) is 8.00. The number of anilines is 1. The van der Waals surface area contributed by atoms with Gasteiger partial charge >= 0.3 is 5.69 Å². The SMILES string of the molecule is CC(C)CC(=O)Nc1ccc(-c2csc(Cn3nc4ccccn4c3=O)n2)cc1. The second-order valence-electron chi connectivity index (χ2n) is 7.22. The second-order valence-corrected chi connectivity index (χ2v) is 8.16. The molecular formula is C21H21N5O2S. The summed E-state index contributed by atoms with van der Waals surface area (Å²) >= 11 is 1.49. The van der Waals surface area contributed by atoms with E-state index in [1.807, 2.05) is 49.6 Å². The van der Waals surface area contributed by atoms with Crippen molar-refractivity contribution < 1.29 is 4.79 Å². The average molecular weight is 407 g/mol. The third-order valence-electron chi connectivity index (χ3n) is 4.38. The minimum Gasteiger partial charge on any atom is -0.326 e. The fourth-order valence-electron chi connectivity index (χ4n) is 3.02. The molecule has 0 radical (unpaired) electrons. The first-order chi connectivity index (χ1) is 14.0. The highest BCUT2D eigenvalue weighted by Crippen LogP contribution is 2.24. The molecule has 4 aromatic rings. The summed E-state index contributed by atoms with van der Waals surface area (Å²) in [6.07, 6.45) is 2.20. The lowest BCUT2D eigenvalue weighted by atomic mass is 10.1. The smallest absolute Gasteiger partial charge is 0.326 e. The van der Waals surface area contributed by atoms with Crippen LogP contribution in [0.4, 0.5) is 5.69 Å². The van der Waals surface area contributed by atoms with Gasteiger partial charge in [0.15, 0.2) is 5.65 Å². The highest BCUT2D eigenvalue weighted by atomic mass is 32.1. The predicted molar refractivity (Wildman–Crippen MR) is 114 cm³/mol. The number of aromatic nitrogens is 4. The van der Waals surface area contributed by atoms with Gasteiger partial charge in [0.2, 0.25) is 5.91 Å². The first kappa shape index (κ1) is 19.1. The van der Waals surface area contributed by atoms with Gasteiger partial charge in [-0.1, -0.05) is 32.0 Å². The number of nitrogens with zero attached hydrogens (tertiary/aromatic N) is 4. The lowest BCUT2D eigenvalue weighted by Crippen LogP contribution is -2.21. The van der Waals surface area contributed by atoms with Crippen molar-refractivity contribution >= 4 is 28.6 Å². The van der Waals surface area contributed by atoms with Crippen LogP contribution in [0.15, 0.2) is 58.8 Å². The number of hydrogen-bond acceptors (Lipinski definition) is 5. The van der Waals surface area contributed by atoms with Crippen molar-refractivity contribution in [3.05, 3.63) is 69.5 Å². The van der Waals surface area contributed by atoms with E-state index in [4.69, 9.17) is 0 Å². The van der Waals surface area contributed by atoms with Gasteiger partial charge in [-0.15, -0.1) is 16.4 Å². The molecule has 1 N–H and O–H groups in total. The number of carbonyl (C=O) groups is 1. The zero-order valence-corrected chi connectivity index (χ0v) is 17.0. The number of hydrogen-bond donors (Lipinski definition) is 1. The van der Waals surface area contributed by atoms with Crippen molar-refractivity contribution in [2.24, 2.45) is 5.92 Å². The maximum absolute atomic E-state index is 12.4. The molecule has 0 aliphatic heterocycles. The standard InChI is InChI=1S/C21H21N5O2S/c1-14(2)11-19(27)22-16-8-6-15(7-9-16)17-13-29-20(23-17)12-26-21(28)25-10-4-3-5-18(25)24-26/h3-10,13-14H,11-12H2,1-2H3,(H,22,27). The molecule has 0 unspecified atom stereocenters. The Bertz CT molecular complexity index is 1200. The molecule has 3 heterocycles. The van der Waals surface area contributed by atoms with Gasteiger partial charge in [-0.25, -0.2) is 14.5 Å². The Morgan fingerprint density at radius 2 is 1.97 bits per heavy atom. The molecule has 29 heavy (non-hydrogen) atoms. The van der Waals surface area contributed by atoms with Crippen molar-refractivity contribution in [3.8, 4) is 11.3 Å². The van der Waals surface area contributed by atoms with Crippen LogP contribution in [0.5, 0.6) is 0 Å². The zero-order valence-electron chi connectivity index (χ0n) is 16.2. The van der Waals surface area contributed by atoms with Crippen molar-refractivity contribution in [3.63, 3.8) is 0 Å². The topological polar surface area (TPSA) is 81.3 Å². The highest BCUT2D eigenvalue weighted by Gasteiger charge is 2.11. The van der Waals surface area contributed by atoms with Gasteiger partial charge in [-0.2, -0.15) is 0 Å². The van der Waals surface area contributed by atoms with Crippen molar-refractivity contribution in [1.82, 2.24) is 19.2 Å². The molecule has 0 spiro atoms. The Labute approximate surface area is 171 Å². The fraction of sp³-hybridized carbons (Fsp3) is 0.238. The molecule has 0 bridgehead atoms. The van der Waals surface area contributed by atoms with Gasteiger partial charge in [0, 0.05) is 29.2 Å². The normalized spacial score (nSPS) is 11.3. The van der Waals surface area contributed by atoms with Crippen molar-refractivity contribution in [1.29, 1.82) is 0 Å². The number of thiazole rings is 1. The molecule has 4 rings (SSSR count). The number of fused-ring (bicyclic) bond motifs is 1. The van der Waals surface area contributed by atoms with E-state index in [-0.39, 0.29) is 11.6 Å². The largest absolute Gasteiger partial charge is 0.350 e. The number of carbonyl (C=O) groups excluding carboxylic acids is 1. The van der Waals surface area contributed by atoms with Crippen LogP contribution in [0.2, 0.25) is 0 Å². The molecule has 0 saturated carbocycles. The Hall–Kier alpha value is -3.26. The molecule has 0 fully saturated rings. The molecule has 1 amide bonds. The van der Waals surface area contributed by atoms with Crippen LogP contribution in [0.3, 0.4) is 0 Å². The van der Waals surface area contributed by atoms with E-state index in [0.717, 1.165) is 22.0 Å². The highest BCUT2D eigenvalue weighted by molar-refractivity contribution is 7.09. The van der Waals surface area contributed by atoms with E-state index in [9.17, 15) is 9.59 Å². The lowest BCUT2D eigenvalue weighted by Gasteiger charge is -2.07. The predicted octanol–water partition coefficient (Wildman–Crippen LogP) is 3.65. The van der Waals surface area contributed by atoms with E-state index < -0.39 is 0 Å². The van der Waals surface area contributed by atoms with Crippen molar-refractivity contribution in [2.75, 3.05) is 5.32 Å². The third-order valence-corrected chi connectivity index (χ3v) is 5.22. The van der Waals surface area contributed by atoms with Gasteiger partial charge in [0.25, 0.3) is 0 Å². The quantitative estimate of drug-likeness (QED) is 0.529. The monoisotopic (exact) mass is 407 g/mol. The van der Waals surface area contributed by atoms with Crippen LogP contribution in [-0.4, -0.2) is 25.1 Å². The molecule has 0 aliphatic rings. The maximum atomic E-state index is 12.4. The number of amides is 1. The maximum Gasteiger partial charge on any atom is 0.350 e. The molecule has 7 nitrogen and oxygen atoms in total. The summed E-state index contributed by atoms with van der Waals surface area (Å²) in [5.41, 5.74) is 2.99. The van der Waals surface area contributed by atoms with Gasteiger partial charge in [-0.3, -0.25) is 9.20 Å². The van der Waals surface area contributed by atoms with Gasteiger partial charge in [-0.05, 0) is 30.2 Å². The fourth-order valence-corrected chi connectivity index (χ4v) is 3.81. The van der Waals surface area contributed by atoms with Crippen molar-refractivity contribution in [2.45, 2.75) is 26.8 Å². The molecule has 1 aromatic carbocycles. The number of benzene rings is 1. The van der Waals surface area contributed by atoms with Crippen LogP contribution >= 0.6 is 11.3 Å². The number of nitrogens with one attached hydrogen (secondary N) is 1. The Morgan fingerprint density at radius 3 is 2.69 bits per heavy atom. The summed E-state index contributed by atoms with van der Waals surface area (Å²) in [4.78, 5) is 28.9. The van der Waals surface area contributed by atoms with Gasteiger partial charge in [0.05, 0.1) is 12.2 Å². The number of pyridine rings is 1. The minimum absolute atomic E-state index is 0.0154. The van der Waals surface area contributed by atoms with Crippen LogP contribution in [-0.2, 0) is 11.3 Å². The van der Waals surface area contributed by atoms with E-state index in [2.05, 4.69) is 15.4 Å². The third kappa shape index (κ3) is 4.27. The summed E-state index contributed by atoms with van der Waals surface area (Å²) < 4.78 is 2.94. The van der Waals surface area contributed by atoms with Gasteiger partial charge < -0.3 is 5.32 Å². The van der Waals surface area contributed by atoms with E-state index in [1.54, 1.807) is 18.3 Å². The molecule has 0 aliphatic carbocycles. The Kier molecular flexibility index (Phi) is 5.26. The molecule has 0 saturated heterocycles. The summed E-state index contributed by atoms with van der Waals surface area (Å²) in [7, 11) is 0. The molecule has 8 heteroatoms. The van der Waals surface area contributed by atoms with Crippen LogP contribution < -0.4 is 11.0 Å². The first-order valence-corrected chi connectivity index (χ1v) is 10.3. The van der Waals surface area contributed by atoms with E-state index in [1.165, 1.54) is 20.4 Å². The molecule has 148 valence electrons. The van der Waals surface area contributed by atoms with Crippen LogP contribution in [0.1, 0.15) is 25.3 Å². The Balaban J connectivity index is 1.48. The Morgan fingerprint density at radius 1 is 1.17 bits per heavy atom. The average Bonchev–Trinajstić information content (AvgIpc) is 3.27. The lowest BCUT2D eigenvalue weighted by molar-refractivity contribution is -0.116. The first-order valence-electron chi connectivity index (χ1n) is 9.38. The number of rotatable bonds is 6. The minimum atomic E-state index is -0.182. The summed E-state index contributed by atoms with van der Waals surface area (Å²) in [6, 6.07) is 13.1. The molecule has 3 aromatic heterocycles. The van der Waals surface area contributed by atoms with Crippen LogP contribution in [0, 0.1) is 5.92 Å². The van der Waals surface area contributed by atoms with E-state index >= 15 is 0 Å². The van der Waals surface area contributed by atoms with Crippen LogP contribution in [0.25, 0.3) is 16.9 Å². The summed E-state index contributed by atoms with van der Waals surface area (Å²) in [5, 5.41) is 10.0. The van der Waals surface area contributed by atoms with Gasteiger partial charge in [0.1, 0.15) is 5.01 Å². The zero-order chi connectivity index (χ0) is 20.4.